The fourth-order valence-electron chi connectivity index (χ4n) is 1.04. The van der Waals surface area contributed by atoms with Gasteiger partial charge in [-0.15, -0.1) is 0 Å². The van der Waals surface area contributed by atoms with Crippen LogP contribution in [0.2, 0.25) is 0 Å². The Kier molecular flexibility index (Phi) is 2.76. The third kappa shape index (κ3) is 1.85. The summed E-state index contributed by atoms with van der Waals surface area (Å²) in [6.07, 6.45) is 0. The molecule has 0 bridgehead atoms. The van der Waals surface area contributed by atoms with Crippen LogP contribution in [0, 0.1) is 21.7 Å². The standard InChI is InChI=1S/C8H8F2N2O2/c1-4(11)5-2-7(10)8(12(13)14)3-6(5)9/h2-4H,11H2,1H3/t4-/m1/s1. The first-order chi connectivity index (χ1) is 6.43. The van der Waals surface area contributed by atoms with Gasteiger partial charge in [-0.3, -0.25) is 10.1 Å². The quantitative estimate of drug-likeness (QED) is 0.588. The summed E-state index contributed by atoms with van der Waals surface area (Å²) in [5.41, 5.74) is 4.37. The zero-order valence-corrected chi connectivity index (χ0v) is 7.33. The van der Waals surface area contributed by atoms with Crippen molar-refractivity contribution in [3.8, 4) is 0 Å². The molecule has 0 saturated heterocycles. The predicted molar refractivity (Wildman–Crippen MR) is 45.6 cm³/mol. The van der Waals surface area contributed by atoms with Gasteiger partial charge in [0.25, 0.3) is 0 Å². The molecular formula is C8H8F2N2O2. The number of hydrogen-bond acceptors (Lipinski definition) is 3. The lowest BCUT2D eigenvalue weighted by molar-refractivity contribution is -0.387. The van der Waals surface area contributed by atoms with E-state index in [1.54, 1.807) is 0 Å². The van der Waals surface area contributed by atoms with Crippen LogP contribution in [0.15, 0.2) is 12.1 Å². The first kappa shape index (κ1) is 10.5. The Bertz CT molecular complexity index is 380. The lowest BCUT2D eigenvalue weighted by Crippen LogP contribution is -2.09. The monoisotopic (exact) mass is 202 g/mol. The van der Waals surface area contributed by atoms with Gasteiger partial charge in [0.1, 0.15) is 5.82 Å². The lowest BCUT2D eigenvalue weighted by atomic mass is 10.1. The molecule has 4 nitrogen and oxygen atoms in total. The van der Waals surface area contributed by atoms with Crippen molar-refractivity contribution in [1.82, 2.24) is 0 Å². The van der Waals surface area contributed by atoms with E-state index in [1.165, 1.54) is 6.92 Å². The molecule has 0 saturated carbocycles. The van der Waals surface area contributed by atoms with Gasteiger partial charge in [-0.2, -0.15) is 4.39 Å². The maximum Gasteiger partial charge on any atom is 0.307 e. The van der Waals surface area contributed by atoms with Crippen molar-refractivity contribution in [3.63, 3.8) is 0 Å². The Morgan fingerprint density at radius 3 is 2.43 bits per heavy atom. The second-order valence-corrected chi connectivity index (χ2v) is 2.87. The van der Waals surface area contributed by atoms with Gasteiger partial charge in [0, 0.05) is 11.6 Å². The molecule has 0 radical (unpaired) electrons. The van der Waals surface area contributed by atoms with E-state index in [9.17, 15) is 18.9 Å². The molecule has 14 heavy (non-hydrogen) atoms. The zero-order valence-electron chi connectivity index (χ0n) is 7.33. The van der Waals surface area contributed by atoms with Crippen molar-refractivity contribution in [3.05, 3.63) is 39.4 Å². The Balaban J connectivity index is 3.31. The molecule has 0 spiro atoms. The van der Waals surface area contributed by atoms with Crippen molar-refractivity contribution in [2.24, 2.45) is 5.73 Å². The van der Waals surface area contributed by atoms with Gasteiger partial charge in [-0.1, -0.05) is 0 Å². The van der Waals surface area contributed by atoms with Gasteiger partial charge < -0.3 is 5.73 Å². The summed E-state index contributed by atoms with van der Waals surface area (Å²) in [6, 6.07) is 0.580. The van der Waals surface area contributed by atoms with Gasteiger partial charge in [0.15, 0.2) is 0 Å². The summed E-state index contributed by atoms with van der Waals surface area (Å²) in [4.78, 5) is 9.24. The highest BCUT2D eigenvalue weighted by Crippen LogP contribution is 2.24. The van der Waals surface area contributed by atoms with Crippen LogP contribution in [0.4, 0.5) is 14.5 Å². The van der Waals surface area contributed by atoms with Gasteiger partial charge in [0.05, 0.1) is 11.0 Å². The molecule has 0 amide bonds. The van der Waals surface area contributed by atoms with Crippen LogP contribution in [0.25, 0.3) is 0 Å². The van der Waals surface area contributed by atoms with Crippen LogP contribution in [0.1, 0.15) is 18.5 Å². The van der Waals surface area contributed by atoms with Crippen molar-refractivity contribution in [2.75, 3.05) is 0 Å². The molecule has 0 aromatic heterocycles. The van der Waals surface area contributed by atoms with E-state index < -0.39 is 28.3 Å². The zero-order chi connectivity index (χ0) is 10.9. The van der Waals surface area contributed by atoms with Crippen molar-refractivity contribution in [1.29, 1.82) is 0 Å². The molecule has 0 fully saturated rings. The Morgan fingerprint density at radius 1 is 1.43 bits per heavy atom. The molecule has 6 heteroatoms. The van der Waals surface area contributed by atoms with Gasteiger partial charge >= 0.3 is 5.69 Å². The minimum atomic E-state index is -1.08. The van der Waals surface area contributed by atoms with E-state index >= 15 is 0 Å². The Morgan fingerprint density at radius 2 is 2.00 bits per heavy atom. The average Bonchev–Trinajstić information content (AvgIpc) is 2.07. The molecule has 0 unspecified atom stereocenters. The van der Waals surface area contributed by atoms with Crippen molar-refractivity contribution < 1.29 is 13.7 Å². The van der Waals surface area contributed by atoms with E-state index in [-0.39, 0.29) is 5.56 Å². The highest BCUT2D eigenvalue weighted by molar-refractivity contribution is 5.37. The van der Waals surface area contributed by atoms with Gasteiger partial charge in [0.2, 0.25) is 5.82 Å². The smallest absolute Gasteiger partial charge is 0.307 e. The largest absolute Gasteiger partial charge is 0.324 e. The van der Waals surface area contributed by atoms with Crippen LogP contribution in [-0.4, -0.2) is 4.92 Å². The minimum absolute atomic E-state index is 0.0758. The topological polar surface area (TPSA) is 69.2 Å². The first-order valence-electron chi connectivity index (χ1n) is 3.82. The number of nitro groups is 1. The molecular weight excluding hydrogens is 194 g/mol. The molecule has 1 aromatic carbocycles. The Hall–Kier alpha value is -1.56. The van der Waals surface area contributed by atoms with Crippen LogP contribution >= 0.6 is 0 Å². The van der Waals surface area contributed by atoms with E-state index in [2.05, 4.69) is 0 Å². The lowest BCUT2D eigenvalue weighted by Gasteiger charge is -2.06. The van der Waals surface area contributed by atoms with Crippen LogP contribution in [0.5, 0.6) is 0 Å². The molecule has 1 rings (SSSR count). The number of nitrogens with zero attached hydrogens (tertiary/aromatic N) is 1. The number of halogens is 2. The van der Waals surface area contributed by atoms with E-state index in [4.69, 9.17) is 5.73 Å². The third-order valence-corrected chi connectivity index (χ3v) is 1.75. The normalized spacial score (nSPS) is 12.6. The average molecular weight is 202 g/mol. The van der Waals surface area contributed by atoms with Gasteiger partial charge in [-0.25, -0.2) is 4.39 Å². The molecule has 1 aromatic rings. The number of hydrogen-bond donors (Lipinski definition) is 1. The summed E-state index contributed by atoms with van der Waals surface area (Å²) in [7, 11) is 0. The first-order valence-corrected chi connectivity index (χ1v) is 3.82. The molecule has 0 aliphatic carbocycles. The summed E-state index contributed by atoms with van der Waals surface area (Å²) in [5, 5.41) is 10.2. The summed E-state index contributed by atoms with van der Waals surface area (Å²) < 4.78 is 26.1. The molecule has 1 atom stereocenters. The summed E-state index contributed by atoms with van der Waals surface area (Å²) >= 11 is 0. The molecule has 0 aliphatic rings. The number of rotatable bonds is 2. The predicted octanol–water partition coefficient (Wildman–Crippen LogP) is 1.89. The SMILES string of the molecule is C[C@@H](N)c1cc(F)c([N+](=O)[O-])cc1F. The second-order valence-electron chi connectivity index (χ2n) is 2.87. The fourth-order valence-corrected chi connectivity index (χ4v) is 1.04. The molecule has 0 aliphatic heterocycles. The second kappa shape index (κ2) is 3.67. The maximum atomic E-state index is 13.1. The Labute approximate surface area is 78.5 Å². The van der Waals surface area contributed by atoms with Crippen LogP contribution in [0.3, 0.4) is 0 Å². The molecule has 76 valence electrons. The van der Waals surface area contributed by atoms with Crippen LogP contribution in [-0.2, 0) is 0 Å². The molecule has 2 N–H and O–H groups in total. The summed E-state index contributed by atoms with van der Waals surface area (Å²) in [5.74, 6) is -1.95. The third-order valence-electron chi connectivity index (χ3n) is 1.75. The van der Waals surface area contributed by atoms with Crippen molar-refractivity contribution in [2.45, 2.75) is 13.0 Å². The van der Waals surface area contributed by atoms with E-state index in [1.807, 2.05) is 0 Å². The highest BCUT2D eigenvalue weighted by atomic mass is 19.1. The number of benzene rings is 1. The number of nitro benzene ring substituents is 1. The van der Waals surface area contributed by atoms with Gasteiger partial charge in [-0.05, 0) is 13.0 Å². The minimum Gasteiger partial charge on any atom is -0.324 e. The van der Waals surface area contributed by atoms with E-state index in [0.29, 0.717) is 6.07 Å². The number of nitrogens with two attached hydrogens (primary N) is 1. The summed E-state index contributed by atoms with van der Waals surface area (Å²) in [6.45, 7) is 1.46. The van der Waals surface area contributed by atoms with E-state index in [0.717, 1.165) is 6.07 Å². The maximum absolute atomic E-state index is 13.1. The molecule has 0 heterocycles. The van der Waals surface area contributed by atoms with Crippen LogP contribution < -0.4 is 5.73 Å². The highest BCUT2D eigenvalue weighted by Gasteiger charge is 2.19. The van der Waals surface area contributed by atoms with Crippen molar-refractivity contribution >= 4 is 5.69 Å². The fraction of sp³-hybridized carbons (Fsp3) is 0.250.